The molecule has 1 aliphatic rings. The van der Waals surface area contributed by atoms with Crippen molar-refractivity contribution in [2.45, 2.75) is 50.7 Å². The van der Waals surface area contributed by atoms with Crippen LogP contribution in [0.3, 0.4) is 0 Å². The summed E-state index contributed by atoms with van der Waals surface area (Å²) in [7, 11) is 0. The molecule has 0 aromatic heterocycles. The van der Waals surface area contributed by atoms with E-state index in [0.29, 0.717) is 12.6 Å². The number of halogens is 4. The van der Waals surface area contributed by atoms with Gasteiger partial charge in [0.1, 0.15) is 0 Å². The number of carbonyl (C=O) groups is 1. The first-order chi connectivity index (χ1) is 10.9. The third-order valence-electron chi connectivity index (χ3n) is 3.95. The maximum Gasteiger partial charge on any atom is 0.417 e. The number of amides is 1. The SMILES string of the molecule is O=C(CCNC1CCCCC1)Nc1ccc(Cl)c(C(F)(F)F)c1. The van der Waals surface area contributed by atoms with Gasteiger partial charge in [0.05, 0.1) is 10.6 Å². The van der Waals surface area contributed by atoms with E-state index in [-0.39, 0.29) is 23.0 Å². The zero-order valence-corrected chi connectivity index (χ0v) is 13.4. The normalized spacial score (nSPS) is 16.3. The van der Waals surface area contributed by atoms with Crippen LogP contribution < -0.4 is 10.6 Å². The fourth-order valence-corrected chi connectivity index (χ4v) is 2.96. The first-order valence-electron chi connectivity index (χ1n) is 7.76. The number of anilines is 1. The maximum absolute atomic E-state index is 12.8. The van der Waals surface area contributed by atoms with Crippen LogP contribution in [0.25, 0.3) is 0 Å². The zero-order valence-electron chi connectivity index (χ0n) is 12.7. The number of rotatable bonds is 5. The molecule has 0 unspecified atom stereocenters. The van der Waals surface area contributed by atoms with Gasteiger partial charge in [-0.2, -0.15) is 13.2 Å². The van der Waals surface area contributed by atoms with Gasteiger partial charge in [0, 0.05) is 24.7 Å². The van der Waals surface area contributed by atoms with Gasteiger partial charge in [0.15, 0.2) is 0 Å². The average molecular weight is 349 g/mol. The van der Waals surface area contributed by atoms with Gasteiger partial charge in [-0.15, -0.1) is 0 Å². The van der Waals surface area contributed by atoms with Crippen molar-refractivity contribution >= 4 is 23.2 Å². The lowest BCUT2D eigenvalue weighted by Gasteiger charge is -2.22. The second-order valence-corrected chi connectivity index (χ2v) is 6.19. The standard InChI is InChI=1S/C16H20ClF3N2O/c17-14-7-6-12(10-13(14)16(18,19)20)22-15(23)8-9-21-11-4-2-1-3-5-11/h6-7,10-11,21H,1-5,8-9H2,(H,22,23). The number of nitrogens with one attached hydrogen (secondary N) is 2. The average Bonchev–Trinajstić information content (AvgIpc) is 2.49. The molecule has 1 aliphatic carbocycles. The molecule has 1 amide bonds. The lowest BCUT2D eigenvalue weighted by atomic mass is 9.95. The summed E-state index contributed by atoms with van der Waals surface area (Å²) in [6.07, 6.45) is 1.59. The van der Waals surface area contributed by atoms with Crippen molar-refractivity contribution in [3.05, 3.63) is 28.8 Å². The quantitative estimate of drug-likeness (QED) is 0.815. The summed E-state index contributed by atoms with van der Waals surface area (Å²) in [5, 5.41) is 5.42. The van der Waals surface area contributed by atoms with Crippen LogP contribution in [-0.4, -0.2) is 18.5 Å². The van der Waals surface area contributed by atoms with Crippen LogP contribution in [0.5, 0.6) is 0 Å². The molecule has 1 aromatic rings. The van der Waals surface area contributed by atoms with Crippen LogP contribution in [0.2, 0.25) is 5.02 Å². The topological polar surface area (TPSA) is 41.1 Å². The van der Waals surface area contributed by atoms with E-state index in [4.69, 9.17) is 11.6 Å². The Morgan fingerprint density at radius 3 is 2.57 bits per heavy atom. The first-order valence-corrected chi connectivity index (χ1v) is 8.14. The van der Waals surface area contributed by atoms with E-state index in [1.165, 1.54) is 25.3 Å². The highest BCUT2D eigenvalue weighted by atomic mass is 35.5. The predicted molar refractivity (Wildman–Crippen MR) is 84.6 cm³/mol. The second-order valence-electron chi connectivity index (χ2n) is 5.78. The number of alkyl halides is 3. The van der Waals surface area contributed by atoms with Crippen molar-refractivity contribution in [3.63, 3.8) is 0 Å². The lowest BCUT2D eigenvalue weighted by molar-refractivity contribution is -0.137. The largest absolute Gasteiger partial charge is 0.417 e. The minimum Gasteiger partial charge on any atom is -0.326 e. The smallest absolute Gasteiger partial charge is 0.326 e. The zero-order chi connectivity index (χ0) is 16.9. The van der Waals surface area contributed by atoms with E-state index in [1.807, 2.05) is 0 Å². The van der Waals surface area contributed by atoms with Crippen LogP contribution in [-0.2, 0) is 11.0 Å². The molecule has 0 spiro atoms. The molecule has 0 saturated heterocycles. The number of hydrogen-bond acceptors (Lipinski definition) is 2. The Morgan fingerprint density at radius 2 is 1.91 bits per heavy atom. The van der Waals surface area contributed by atoms with Gasteiger partial charge in [-0.05, 0) is 31.0 Å². The van der Waals surface area contributed by atoms with Gasteiger partial charge < -0.3 is 10.6 Å². The van der Waals surface area contributed by atoms with Gasteiger partial charge in [-0.3, -0.25) is 4.79 Å². The minimum absolute atomic E-state index is 0.101. The molecule has 1 aromatic carbocycles. The van der Waals surface area contributed by atoms with Crippen molar-refractivity contribution in [2.75, 3.05) is 11.9 Å². The molecule has 128 valence electrons. The highest BCUT2D eigenvalue weighted by molar-refractivity contribution is 6.31. The summed E-state index contributed by atoms with van der Waals surface area (Å²) in [5.41, 5.74) is -0.846. The Kier molecular flexibility index (Phi) is 6.30. The molecular weight excluding hydrogens is 329 g/mol. The van der Waals surface area contributed by atoms with E-state index in [2.05, 4.69) is 10.6 Å². The summed E-state index contributed by atoms with van der Waals surface area (Å²) in [6.45, 7) is 0.524. The van der Waals surface area contributed by atoms with Crippen LogP contribution in [0, 0.1) is 0 Å². The summed E-state index contributed by atoms with van der Waals surface area (Å²) in [6, 6.07) is 3.81. The molecule has 2 rings (SSSR count). The van der Waals surface area contributed by atoms with Gasteiger partial charge in [-0.1, -0.05) is 30.9 Å². The van der Waals surface area contributed by atoms with Gasteiger partial charge in [0.2, 0.25) is 5.91 Å². The van der Waals surface area contributed by atoms with E-state index in [1.54, 1.807) is 0 Å². The fraction of sp³-hybridized carbons (Fsp3) is 0.562. The van der Waals surface area contributed by atoms with Crippen molar-refractivity contribution in [1.29, 1.82) is 0 Å². The molecule has 2 N–H and O–H groups in total. The van der Waals surface area contributed by atoms with Crippen molar-refractivity contribution < 1.29 is 18.0 Å². The van der Waals surface area contributed by atoms with Crippen LogP contribution in [0.15, 0.2) is 18.2 Å². The first kappa shape index (κ1) is 18.1. The third kappa shape index (κ3) is 5.70. The van der Waals surface area contributed by atoms with Crippen molar-refractivity contribution in [1.82, 2.24) is 5.32 Å². The lowest BCUT2D eigenvalue weighted by Crippen LogP contribution is -2.33. The van der Waals surface area contributed by atoms with Crippen LogP contribution in [0.4, 0.5) is 18.9 Å². The van der Waals surface area contributed by atoms with E-state index in [9.17, 15) is 18.0 Å². The Morgan fingerprint density at radius 1 is 1.22 bits per heavy atom. The summed E-state index contributed by atoms with van der Waals surface area (Å²) in [5.74, 6) is -0.316. The van der Waals surface area contributed by atoms with Gasteiger partial charge in [-0.25, -0.2) is 0 Å². The summed E-state index contributed by atoms with van der Waals surface area (Å²) in [4.78, 5) is 11.8. The molecule has 0 bridgehead atoms. The Balaban J connectivity index is 1.83. The Hall–Kier alpha value is -1.27. The molecule has 7 heteroatoms. The van der Waals surface area contributed by atoms with Crippen molar-refractivity contribution in [2.24, 2.45) is 0 Å². The summed E-state index contributed by atoms with van der Waals surface area (Å²) >= 11 is 5.54. The van der Waals surface area contributed by atoms with Crippen LogP contribution >= 0.6 is 11.6 Å². The molecule has 3 nitrogen and oxygen atoms in total. The Labute approximate surface area is 138 Å². The fourth-order valence-electron chi connectivity index (χ4n) is 2.74. The molecule has 0 heterocycles. The molecule has 1 fully saturated rings. The highest BCUT2D eigenvalue weighted by Gasteiger charge is 2.33. The number of carbonyl (C=O) groups excluding carboxylic acids is 1. The molecule has 23 heavy (non-hydrogen) atoms. The van der Waals surface area contributed by atoms with E-state index < -0.39 is 11.7 Å². The van der Waals surface area contributed by atoms with E-state index >= 15 is 0 Å². The molecule has 1 saturated carbocycles. The molecular formula is C16H20ClF3N2O. The molecule has 0 radical (unpaired) electrons. The second kappa shape index (κ2) is 8.02. The minimum atomic E-state index is -4.54. The molecule has 0 aliphatic heterocycles. The number of hydrogen-bond donors (Lipinski definition) is 2. The number of benzene rings is 1. The van der Waals surface area contributed by atoms with Gasteiger partial charge >= 0.3 is 6.18 Å². The third-order valence-corrected chi connectivity index (χ3v) is 4.28. The van der Waals surface area contributed by atoms with Gasteiger partial charge in [0.25, 0.3) is 0 Å². The molecule has 0 atom stereocenters. The monoisotopic (exact) mass is 348 g/mol. The Bertz CT molecular complexity index is 543. The van der Waals surface area contributed by atoms with Crippen molar-refractivity contribution in [3.8, 4) is 0 Å². The predicted octanol–water partition coefficient (Wildman–Crippen LogP) is 4.61. The van der Waals surface area contributed by atoms with Crippen LogP contribution in [0.1, 0.15) is 44.1 Å². The van der Waals surface area contributed by atoms with E-state index in [0.717, 1.165) is 25.0 Å². The maximum atomic E-state index is 12.8. The highest BCUT2D eigenvalue weighted by Crippen LogP contribution is 2.36. The summed E-state index contributed by atoms with van der Waals surface area (Å²) < 4.78 is 38.3.